The van der Waals surface area contributed by atoms with Crippen molar-refractivity contribution in [1.29, 1.82) is 0 Å². The maximum Gasteiger partial charge on any atom is 0.337 e. The molecule has 1 N–H and O–H groups in total. The highest BCUT2D eigenvalue weighted by Crippen LogP contribution is 2.26. The van der Waals surface area contributed by atoms with Crippen LogP contribution in [0.25, 0.3) is 21.6 Å². The van der Waals surface area contributed by atoms with Gasteiger partial charge in [0, 0.05) is 23.1 Å². The number of fused-ring (bicyclic) bond motifs is 1. The van der Waals surface area contributed by atoms with Gasteiger partial charge in [0.15, 0.2) is 0 Å². The number of aryl methyl sites for hydroxylation is 1. The first-order valence-electron chi connectivity index (χ1n) is 8.91. The van der Waals surface area contributed by atoms with Crippen molar-refractivity contribution in [2.45, 2.75) is 13.5 Å². The third kappa shape index (κ3) is 3.46. The normalized spacial score (nSPS) is 11.0. The summed E-state index contributed by atoms with van der Waals surface area (Å²) in [6.07, 6.45) is 0. The summed E-state index contributed by atoms with van der Waals surface area (Å²) in [5, 5.41) is 21.8. The van der Waals surface area contributed by atoms with Gasteiger partial charge in [0.1, 0.15) is 10.7 Å². The second-order valence-electron chi connectivity index (χ2n) is 6.75. The number of non-ortho nitro benzene ring substituents is 1. The van der Waals surface area contributed by atoms with E-state index in [1.807, 2.05) is 31.2 Å². The van der Waals surface area contributed by atoms with E-state index in [9.17, 15) is 24.8 Å². The molecule has 0 amide bonds. The molecule has 0 aliphatic rings. The van der Waals surface area contributed by atoms with Crippen molar-refractivity contribution in [3.8, 4) is 11.4 Å². The first-order valence-corrected chi connectivity index (χ1v) is 9.79. The summed E-state index contributed by atoms with van der Waals surface area (Å²) in [6.45, 7) is 2.04. The largest absolute Gasteiger partial charge is 0.478 e. The van der Waals surface area contributed by atoms with Gasteiger partial charge in [-0.05, 0) is 12.5 Å². The summed E-state index contributed by atoms with van der Waals surface area (Å²) in [5.74, 6) is -0.783. The van der Waals surface area contributed by atoms with E-state index in [2.05, 4.69) is 4.98 Å². The standard InChI is InChI=1S/C21H15N3O5S/c1-12-2-6-14(7-3-12)18-22-19-17(16(11-30-19)21(26)27)20(25)23(18)10-13-4-8-15(9-5-13)24(28)29/h2-9,11H,10H2,1H3,(H,26,27). The minimum Gasteiger partial charge on any atom is -0.478 e. The summed E-state index contributed by atoms with van der Waals surface area (Å²) in [6, 6.07) is 13.4. The lowest BCUT2D eigenvalue weighted by Gasteiger charge is -2.13. The minimum atomic E-state index is -1.19. The number of hydrogen-bond acceptors (Lipinski definition) is 6. The van der Waals surface area contributed by atoms with E-state index >= 15 is 0 Å². The Labute approximate surface area is 173 Å². The van der Waals surface area contributed by atoms with Gasteiger partial charge < -0.3 is 5.11 Å². The van der Waals surface area contributed by atoms with Gasteiger partial charge in [-0.15, -0.1) is 11.3 Å². The first kappa shape index (κ1) is 19.5. The predicted octanol–water partition coefficient (Wildman–Crippen LogP) is 4.09. The molecule has 0 aliphatic heterocycles. The second kappa shape index (κ2) is 7.53. The SMILES string of the molecule is Cc1ccc(-c2nc3scc(C(=O)O)c3c(=O)n2Cc2ccc([N+](=O)[O-])cc2)cc1. The number of aromatic nitrogens is 2. The zero-order valence-corrected chi connectivity index (χ0v) is 16.5. The van der Waals surface area contributed by atoms with Crippen LogP contribution in [0.4, 0.5) is 5.69 Å². The summed E-state index contributed by atoms with van der Waals surface area (Å²) in [7, 11) is 0. The molecule has 9 heteroatoms. The lowest BCUT2D eigenvalue weighted by molar-refractivity contribution is -0.384. The fraction of sp³-hybridized carbons (Fsp3) is 0.0952. The van der Waals surface area contributed by atoms with Gasteiger partial charge in [-0.3, -0.25) is 19.5 Å². The average Bonchev–Trinajstić information content (AvgIpc) is 3.16. The number of thiophene rings is 1. The number of carboxylic acids is 1. The van der Waals surface area contributed by atoms with E-state index in [-0.39, 0.29) is 23.2 Å². The molecule has 0 aliphatic carbocycles. The topological polar surface area (TPSA) is 115 Å². The lowest BCUT2D eigenvalue weighted by atomic mass is 10.1. The van der Waals surface area contributed by atoms with Crippen LogP contribution in [0.1, 0.15) is 21.5 Å². The molecule has 0 saturated heterocycles. The molecule has 4 aromatic rings. The smallest absolute Gasteiger partial charge is 0.337 e. The van der Waals surface area contributed by atoms with E-state index < -0.39 is 16.5 Å². The third-order valence-electron chi connectivity index (χ3n) is 4.72. The summed E-state index contributed by atoms with van der Waals surface area (Å²) >= 11 is 1.11. The molecule has 2 aromatic carbocycles. The number of nitro groups is 1. The van der Waals surface area contributed by atoms with Gasteiger partial charge in [0.05, 0.1) is 22.4 Å². The second-order valence-corrected chi connectivity index (χ2v) is 7.61. The molecule has 2 heterocycles. The van der Waals surface area contributed by atoms with Crippen LogP contribution in [0, 0.1) is 17.0 Å². The quantitative estimate of drug-likeness (QED) is 0.383. The van der Waals surface area contributed by atoms with Crippen LogP contribution in [0.15, 0.2) is 58.7 Å². The van der Waals surface area contributed by atoms with Gasteiger partial charge in [0.25, 0.3) is 11.2 Å². The minimum absolute atomic E-state index is 0.0515. The fourth-order valence-corrected chi connectivity index (χ4v) is 4.06. The van der Waals surface area contributed by atoms with Crippen molar-refractivity contribution in [3.05, 3.63) is 91.1 Å². The summed E-state index contributed by atoms with van der Waals surface area (Å²) < 4.78 is 1.41. The zero-order chi connectivity index (χ0) is 21.4. The van der Waals surface area contributed by atoms with Crippen molar-refractivity contribution in [1.82, 2.24) is 9.55 Å². The van der Waals surface area contributed by atoms with E-state index in [0.717, 1.165) is 16.9 Å². The Bertz CT molecular complexity index is 1340. The number of nitrogens with zero attached hydrogens (tertiary/aromatic N) is 3. The molecule has 0 saturated carbocycles. The third-order valence-corrected chi connectivity index (χ3v) is 5.59. The Morgan fingerprint density at radius 3 is 2.43 bits per heavy atom. The molecule has 0 radical (unpaired) electrons. The van der Waals surface area contributed by atoms with E-state index in [1.165, 1.54) is 22.1 Å². The molecule has 4 rings (SSSR count). The Morgan fingerprint density at radius 2 is 1.83 bits per heavy atom. The van der Waals surface area contributed by atoms with Crippen LogP contribution in [-0.2, 0) is 6.54 Å². The number of aromatic carboxylic acids is 1. The van der Waals surface area contributed by atoms with E-state index in [4.69, 9.17) is 0 Å². The summed E-state index contributed by atoms with van der Waals surface area (Å²) in [4.78, 5) is 40.2. The van der Waals surface area contributed by atoms with Gasteiger partial charge >= 0.3 is 5.97 Å². The monoisotopic (exact) mass is 421 g/mol. The van der Waals surface area contributed by atoms with Gasteiger partial charge in [-0.1, -0.05) is 42.0 Å². The molecule has 0 bridgehead atoms. The fourth-order valence-electron chi connectivity index (χ4n) is 3.16. The highest BCUT2D eigenvalue weighted by molar-refractivity contribution is 7.17. The number of nitro benzene ring substituents is 1. The van der Waals surface area contributed by atoms with Crippen LogP contribution in [-0.4, -0.2) is 25.6 Å². The number of hydrogen-bond donors (Lipinski definition) is 1. The molecular weight excluding hydrogens is 406 g/mol. The zero-order valence-electron chi connectivity index (χ0n) is 15.7. The highest BCUT2D eigenvalue weighted by atomic mass is 32.1. The van der Waals surface area contributed by atoms with Gasteiger partial charge in [0.2, 0.25) is 0 Å². The molecule has 2 aromatic heterocycles. The molecule has 0 atom stereocenters. The number of carboxylic acid groups (broad SMARTS) is 1. The number of carbonyl (C=O) groups is 1. The van der Waals surface area contributed by atoms with Crippen molar-refractivity contribution >= 4 is 33.2 Å². The first-order chi connectivity index (χ1) is 14.3. The Morgan fingerprint density at radius 1 is 1.17 bits per heavy atom. The molecule has 0 fully saturated rings. The molecule has 8 nitrogen and oxygen atoms in total. The number of benzene rings is 2. The molecular formula is C21H15N3O5S. The Hall–Kier alpha value is -3.85. The average molecular weight is 421 g/mol. The van der Waals surface area contributed by atoms with Crippen LogP contribution in [0.5, 0.6) is 0 Å². The van der Waals surface area contributed by atoms with E-state index in [1.54, 1.807) is 12.1 Å². The number of rotatable bonds is 5. The maximum absolute atomic E-state index is 13.3. The predicted molar refractivity (Wildman–Crippen MR) is 113 cm³/mol. The van der Waals surface area contributed by atoms with Gasteiger partial charge in [-0.25, -0.2) is 9.78 Å². The molecule has 30 heavy (non-hydrogen) atoms. The molecule has 0 spiro atoms. The highest BCUT2D eigenvalue weighted by Gasteiger charge is 2.20. The van der Waals surface area contributed by atoms with Crippen molar-refractivity contribution in [2.24, 2.45) is 0 Å². The maximum atomic E-state index is 13.3. The van der Waals surface area contributed by atoms with Crippen LogP contribution < -0.4 is 5.56 Å². The van der Waals surface area contributed by atoms with Gasteiger partial charge in [-0.2, -0.15) is 0 Å². The van der Waals surface area contributed by atoms with Crippen LogP contribution in [0.3, 0.4) is 0 Å². The lowest BCUT2D eigenvalue weighted by Crippen LogP contribution is -2.24. The van der Waals surface area contributed by atoms with Crippen molar-refractivity contribution in [3.63, 3.8) is 0 Å². The Balaban J connectivity index is 1.93. The van der Waals surface area contributed by atoms with Crippen molar-refractivity contribution in [2.75, 3.05) is 0 Å². The van der Waals surface area contributed by atoms with Crippen molar-refractivity contribution < 1.29 is 14.8 Å². The van der Waals surface area contributed by atoms with Crippen LogP contribution in [0.2, 0.25) is 0 Å². The van der Waals surface area contributed by atoms with Crippen LogP contribution >= 0.6 is 11.3 Å². The Kier molecular flexibility index (Phi) is 4.88. The van der Waals surface area contributed by atoms with E-state index in [0.29, 0.717) is 21.8 Å². The molecule has 150 valence electrons. The molecule has 0 unspecified atom stereocenters. The summed E-state index contributed by atoms with van der Waals surface area (Å²) in [5.41, 5.74) is 1.82.